The summed E-state index contributed by atoms with van der Waals surface area (Å²) in [6.45, 7) is 2.04. The summed E-state index contributed by atoms with van der Waals surface area (Å²) in [5.41, 5.74) is 4.63. The fourth-order valence-corrected chi connectivity index (χ4v) is 2.71. The first-order chi connectivity index (χ1) is 9.20. The molecule has 0 saturated heterocycles. The van der Waals surface area contributed by atoms with Gasteiger partial charge in [-0.25, -0.2) is 5.48 Å². The Kier molecular flexibility index (Phi) is 4.71. The van der Waals surface area contributed by atoms with Gasteiger partial charge in [0.15, 0.2) is 0 Å². The molecule has 0 fully saturated rings. The van der Waals surface area contributed by atoms with Gasteiger partial charge in [-0.1, -0.05) is 35.9 Å². The second-order valence-corrected chi connectivity index (χ2v) is 5.45. The van der Waals surface area contributed by atoms with E-state index in [4.69, 9.17) is 4.84 Å². The molecule has 1 aromatic carbocycles. The van der Waals surface area contributed by atoms with Crippen LogP contribution in [0.25, 0.3) is 0 Å². The van der Waals surface area contributed by atoms with Crippen LogP contribution in [0.1, 0.15) is 21.9 Å². The van der Waals surface area contributed by atoms with Crippen LogP contribution in [0, 0.1) is 6.92 Å². The van der Waals surface area contributed by atoms with E-state index in [1.54, 1.807) is 11.3 Å². The normalized spacial score (nSPS) is 12.1. The van der Waals surface area contributed by atoms with E-state index in [1.165, 1.54) is 17.6 Å². The summed E-state index contributed by atoms with van der Waals surface area (Å²) < 4.78 is 0. The first-order valence-electron chi connectivity index (χ1n) is 6.12. The summed E-state index contributed by atoms with van der Waals surface area (Å²) in [5, 5.41) is 2.02. The van der Waals surface area contributed by atoms with Crippen LogP contribution in [0.15, 0.2) is 41.8 Å². The van der Waals surface area contributed by atoms with E-state index in [-0.39, 0.29) is 11.8 Å². The minimum Gasteiger partial charge on any atom is -0.277 e. The van der Waals surface area contributed by atoms with Gasteiger partial charge in [0.1, 0.15) is 0 Å². The van der Waals surface area contributed by atoms with Crippen LogP contribution in [-0.4, -0.2) is 13.0 Å². The number of hydroxylamine groups is 1. The van der Waals surface area contributed by atoms with Crippen molar-refractivity contribution in [3.63, 3.8) is 0 Å². The van der Waals surface area contributed by atoms with Gasteiger partial charge in [-0.3, -0.25) is 9.63 Å². The molecule has 1 heterocycles. The number of carbonyl (C=O) groups excluding carboxylic acids is 1. The zero-order chi connectivity index (χ0) is 13.7. The second kappa shape index (κ2) is 6.50. The van der Waals surface area contributed by atoms with Crippen LogP contribution in [0.3, 0.4) is 0 Å². The summed E-state index contributed by atoms with van der Waals surface area (Å²) in [4.78, 5) is 18.1. The lowest BCUT2D eigenvalue weighted by atomic mass is 9.93. The standard InChI is InChI=1S/C15H17NO2S/c1-11-5-7-12(8-6-11)14(15(17)16-18-2)10-13-4-3-9-19-13/h3-9,14H,10H2,1-2H3,(H,16,17). The Hall–Kier alpha value is -1.65. The molecular formula is C15H17NO2S. The Bertz CT molecular complexity index is 520. The molecule has 1 unspecified atom stereocenters. The number of benzene rings is 1. The first-order valence-corrected chi connectivity index (χ1v) is 7.00. The molecule has 2 aromatic rings. The van der Waals surface area contributed by atoms with Crippen LogP contribution in [-0.2, 0) is 16.1 Å². The van der Waals surface area contributed by atoms with Crippen molar-refractivity contribution >= 4 is 17.2 Å². The molecule has 0 saturated carbocycles. The van der Waals surface area contributed by atoms with Crippen LogP contribution in [0.5, 0.6) is 0 Å². The minimum atomic E-state index is -0.223. The van der Waals surface area contributed by atoms with Crippen molar-refractivity contribution in [1.82, 2.24) is 5.48 Å². The number of nitrogens with one attached hydrogen (secondary N) is 1. The Balaban J connectivity index is 2.23. The van der Waals surface area contributed by atoms with E-state index in [2.05, 4.69) is 5.48 Å². The van der Waals surface area contributed by atoms with E-state index in [0.29, 0.717) is 6.42 Å². The lowest BCUT2D eigenvalue weighted by Gasteiger charge is -2.15. The molecule has 4 heteroatoms. The lowest BCUT2D eigenvalue weighted by molar-refractivity contribution is -0.132. The molecule has 1 aromatic heterocycles. The predicted molar refractivity (Wildman–Crippen MR) is 77.1 cm³/mol. The molecule has 0 radical (unpaired) electrons. The summed E-state index contributed by atoms with van der Waals surface area (Å²) in [7, 11) is 1.45. The molecule has 1 N–H and O–H groups in total. The van der Waals surface area contributed by atoms with Crippen LogP contribution in [0.2, 0.25) is 0 Å². The number of carbonyl (C=O) groups is 1. The van der Waals surface area contributed by atoms with Crippen LogP contribution in [0.4, 0.5) is 0 Å². The summed E-state index contributed by atoms with van der Waals surface area (Å²) in [6.07, 6.45) is 0.690. The highest BCUT2D eigenvalue weighted by molar-refractivity contribution is 7.09. The number of thiophene rings is 1. The Morgan fingerprint density at radius 2 is 2.05 bits per heavy atom. The molecule has 1 atom stereocenters. The van der Waals surface area contributed by atoms with Gasteiger partial charge in [0.05, 0.1) is 13.0 Å². The second-order valence-electron chi connectivity index (χ2n) is 4.42. The molecule has 0 aliphatic rings. The van der Waals surface area contributed by atoms with Gasteiger partial charge in [0, 0.05) is 4.88 Å². The monoisotopic (exact) mass is 275 g/mol. The minimum absolute atomic E-state index is 0.111. The molecular weight excluding hydrogens is 258 g/mol. The average Bonchev–Trinajstić information content (AvgIpc) is 2.90. The Labute approximate surface area is 117 Å². The molecule has 3 nitrogen and oxygen atoms in total. The van der Waals surface area contributed by atoms with Crippen molar-refractivity contribution < 1.29 is 9.63 Å². The lowest BCUT2D eigenvalue weighted by Crippen LogP contribution is -2.29. The Morgan fingerprint density at radius 1 is 1.32 bits per heavy atom. The number of hydrogen-bond donors (Lipinski definition) is 1. The van der Waals surface area contributed by atoms with Gasteiger partial charge in [-0.05, 0) is 30.4 Å². The van der Waals surface area contributed by atoms with Gasteiger partial charge >= 0.3 is 0 Å². The fourth-order valence-electron chi connectivity index (χ4n) is 1.96. The quantitative estimate of drug-likeness (QED) is 0.852. The van der Waals surface area contributed by atoms with Crippen molar-refractivity contribution in [2.45, 2.75) is 19.3 Å². The molecule has 0 aliphatic heterocycles. The number of rotatable bonds is 5. The van der Waals surface area contributed by atoms with E-state index in [1.807, 2.05) is 48.7 Å². The number of aryl methyl sites for hydroxylation is 1. The van der Waals surface area contributed by atoms with Crippen molar-refractivity contribution in [2.24, 2.45) is 0 Å². The third-order valence-corrected chi connectivity index (χ3v) is 3.88. The zero-order valence-corrected chi connectivity index (χ0v) is 11.9. The van der Waals surface area contributed by atoms with Crippen LogP contribution >= 0.6 is 11.3 Å². The summed E-state index contributed by atoms with van der Waals surface area (Å²) >= 11 is 1.66. The van der Waals surface area contributed by atoms with E-state index >= 15 is 0 Å². The highest BCUT2D eigenvalue weighted by Gasteiger charge is 2.21. The van der Waals surface area contributed by atoms with Crippen molar-refractivity contribution in [3.05, 3.63) is 57.8 Å². The average molecular weight is 275 g/mol. The van der Waals surface area contributed by atoms with Gasteiger partial charge < -0.3 is 0 Å². The van der Waals surface area contributed by atoms with E-state index in [0.717, 1.165) is 5.56 Å². The molecule has 19 heavy (non-hydrogen) atoms. The molecule has 0 spiro atoms. The highest BCUT2D eigenvalue weighted by Crippen LogP contribution is 2.24. The molecule has 1 amide bonds. The Morgan fingerprint density at radius 3 is 2.63 bits per heavy atom. The van der Waals surface area contributed by atoms with Crippen molar-refractivity contribution in [3.8, 4) is 0 Å². The van der Waals surface area contributed by atoms with Crippen molar-refractivity contribution in [1.29, 1.82) is 0 Å². The van der Waals surface area contributed by atoms with E-state index in [9.17, 15) is 4.79 Å². The van der Waals surface area contributed by atoms with Gasteiger partial charge in [-0.2, -0.15) is 0 Å². The smallest absolute Gasteiger partial charge is 0.251 e. The number of amides is 1. The van der Waals surface area contributed by atoms with Crippen LogP contribution < -0.4 is 5.48 Å². The predicted octanol–water partition coefficient (Wildman–Crippen LogP) is 3.06. The fraction of sp³-hybridized carbons (Fsp3) is 0.267. The SMILES string of the molecule is CONC(=O)C(Cc1cccs1)c1ccc(C)cc1. The van der Waals surface area contributed by atoms with Gasteiger partial charge in [0.2, 0.25) is 0 Å². The maximum atomic E-state index is 12.1. The maximum absolute atomic E-state index is 12.1. The third-order valence-electron chi connectivity index (χ3n) is 2.98. The molecule has 0 bridgehead atoms. The molecule has 100 valence electrons. The summed E-state index contributed by atoms with van der Waals surface area (Å²) in [5.74, 6) is -0.334. The molecule has 2 rings (SSSR count). The molecule has 0 aliphatic carbocycles. The summed E-state index contributed by atoms with van der Waals surface area (Å²) in [6, 6.07) is 12.1. The highest BCUT2D eigenvalue weighted by atomic mass is 32.1. The van der Waals surface area contributed by atoms with Gasteiger partial charge in [-0.15, -0.1) is 11.3 Å². The number of hydrogen-bond acceptors (Lipinski definition) is 3. The maximum Gasteiger partial charge on any atom is 0.251 e. The van der Waals surface area contributed by atoms with Crippen molar-refractivity contribution in [2.75, 3.05) is 7.11 Å². The largest absolute Gasteiger partial charge is 0.277 e. The van der Waals surface area contributed by atoms with Gasteiger partial charge in [0.25, 0.3) is 5.91 Å². The third kappa shape index (κ3) is 3.66. The first kappa shape index (κ1) is 13.8. The van der Waals surface area contributed by atoms with E-state index < -0.39 is 0 Å². The zero-order valence-electron chi connectivity index (χ0n) is 11.1. The topological polar surface area (TPSA) is 38.3 Å².